The van der Waals surface area contributed by atoms with E-state index in [1.165, 1.54) is 49.7 Å². The third-order valence-corrected chi connectivity index (χ3v) is 7.79. The van der Waals surface area contributed by atoms with Gasteiger partial charge in [0.05, 0.1) is 14.2 Å². The van der Waals surface area contributed by atoms with Crippen LogP contribution >= 0.6 is 11.6 Å². The fraction of sp³-hybridized carbons (Fsp3) is 0.714. The van der Waals surface area contributed by atoms with Gasteiger partial charge in [-0.1, -0.05) is 0 Å². The van der Waals surface area contributed by atoms with E-state index in [1.807, 2.05) is 0 Å². The lowest BCUT2D eigenvalue weighted by Crippen LogP contribution is -2.58. The Balaban J connectivity index is 1.58. The van der Waals surface area contributed by atoms with Crippen molar-refractivity contribution in [3.8, 4) is 11.5 Å². The van der Waals surface area contributed by atoms with Gasteiger partial charge in [0.1, 0.15) is 0 Å². The van der Waals surface area contributed by atoms with Gasteiger partial charge in [0.2, 0.25) is 0 Å². The molecule has 4 saturated carbocycles. The van der Waals surface area contributed by atoms with E-state index in [2.05, 4.69) is 17.4 Å². The van der Waals surface area contributed by atoms with E-state index < -0.39 is 0 Å². The van der Waals surface area contributed by atoms with Crippen LogP contribution < -0.4 is 14.8 Å². The number of benzene rings is 1. The van der Waals surface area contributed by atoms with Crippen molar-refractivity contribution in [2.45, 2.75) is 55.9 Å². The Labute approximate surface area is 155 Å². The van der Waals surface area contributed by atoms with Crippen LogP contribution in [0.5, 0.6) is 11.5 Å². The molecule has 0 aromatic heterocycles. The highest BCUT2D eigenvalue weighted by Crippen LogP contribution is 2.67. The summed E-state index contributed by atoms with van der Waals surface area (Å²) in [6.45, 7) is 1.04. The Bertz CT molecular complexity index is 689. The first kappa shape index (κ1) is 16.3. The number of ether oxygens (including phenoxy) is 2. The smallest absolute Gasteiger partial charge is 0.161 e. The van der Waals surface area contributed by atoms with Gasteiger partial charge in [0.25, 0.3) is 0 Å². The number of methoxy groups -OCH3 is 2. The number of nitrogens with one attached hydrogen (secondary N) is 1. The van der Waals surface area contributed by atoms with Gasteiger partial charge in [-0.15, -0.1) is 11.6 Å². The van der Waals surface area contributed by atoms with Crippen LogP contribution in [0, 0.1) is 17.3 Å². The zero-order valence-corrected chi connectivity index (χ0v) is 16.0. The molecular formula is C21H28ClNO2. The van der Waals surface area contributed by atoms with E-state index >= 15 is 0 Å². The molecule has 4 heteroatoms. The molecule has 4 fully saturated rings. The quantitative estimate of drug-likeness (QED) is 0.806. The predicted molar refractivity (Wildman–Crippen MR) is 99.7 cm³/mol. The molecule has 6 rings (SSSR count). The molecule has 25 heavy (non-hydrogen) atoms. The van der Waals surface area contributed by atoms with Crippen LogP contribution in [0.1, 0.15) is 55.7 Å². The van der Waals surface area contributed by atoms with E-state index in [-0.39, 0.29) is 4.87 Å². The van der Waals surface area contributed by atoms with Crippen molar-refractivity contribution in [2.24, 2.45) is 17.3 Å². The third-order valence-electron chi connectivity index (χ3n) is 7.35. The van der Waals surface area contributed by atoms with Crippen LogP contribution in [-0.2, 0) is 6.42 Å². The van der Waals surface area contributed by atoms with Crippen molar-refractivity contribution in [1.29, 1.82) is 0 Å². The second-order valence-corrected chi connectivity index (χ2v) is 9.82. The minimum Gasteiger partial charge on any atom is -0.493 e. The van der Waals surface area contributed by atoms with Crippen molar-refractivity contribution >= 4 is 11.6 Å². The minimum absolute atomic E-state index is 0.0555. The normalized spacial score (nSPS) is 41.5. The van der Waals surface area contributed by atoms with Crippen molar-refractivity contribution in [2.75, 3.05) is 20.8 Å². The lowest BCUT2D eigenvalue weighted by molar-refractivity contribution is -0.0647. The molecule has 0 unspecified atom stereocenters. The average Bonchev–Trinajstić information content (AvgIpc) is 2.57. The summed E-state index contributed by atoms with van der Waals surface area (Å²) >= 11 is 7.10. The SMILES string of the molecule is COc1cc2c(cc1OC)[C@@H](C13C[C@H]4C[C@@H](CC(Cl)(C4)C1)C3)NCC2. The number of halogens is 1. The maximum absolute atomic E-state index is 7.10. The van der Waals surface area contributed by atoms with E-state index in [9.17, 15) is 0 Å². The molecule has 3 atom stereocenters. The Morgan fingerprint density at radius 1 is 1.04 bits per heavy atom. The standard InChI is InChI=1S/C21H28ClNO2/c1-24-17-6-15-3-4-23-19(16(15)7-18(17)25-2)20-8-13-5-14(9-20)11-21(22,10-13)12-20/h6-7,13-14,19,23H,3-5,8-12H2,1-2H3/t13-,14-,19+,20?,21?/m1/s1. The number of rotatable bonds is 3. The van der Waals surface area contributed by atoms with E-state index in [0.29, 0.717) is 11.5 Å². The zero-order chi connectivity index (χ0) is 17.2. The van der Waals surface area contributed by atoms with Gasteiger partial charge in [0.15, 0.2) is 11.5 Å². The molecule has 1 aromatic rings. The molecule has 1 aromatic carbocycles. The lowest BCUT2D eigenvalue weighted by Gasteiger charge is -2.63. The molecular weight excluding hydrogens is 334 g/mol. The maximum atomic E-state index is 7.10. The number of hydrogen-bond acceptors (Lipinski definition) is 3. The van der Waals surface area contributed by atoms with Gasteiger partial charge in [-0.2, -0.15) is 0 Å². The molecule has 3 nitrogen and oxygen atoms in total. The molecule has 4 aliphatic carbocycles. The van der Waals surface area contributed by atoms with E-state index in [4.69, 9.17) is 21.1 Å². The highest BCUT2D eigenvalue weighted by Gasteiger charge is 2.60. The molecule has 1 heterocycles. The molecule has 0 amide bonds. The summed E-state index contributed by atoms with van der Waals surface area (Å²) in [5.41, 5.74) is 3.16. The van der Waals surface area contributed by atoms with Crippen molar-refractivity contribution < 1.29 is 9.47 Å². The molecule has 136 valence electrons. The third kappa shape index (κ3) is 2.42. The number of alkyl halides is 1. The summed E-state index contributed by atoms with van der Waals surface area (Å²) in [4.78, 5) is 0.0555. The molecule has 0 spiro atoms. The first-order valence-electron chi connectivity index (χ1n) is 9.71. The van der Waals surface area contributed by atoms with Crippen molar-refractivity contribution in [3.63, 3.8) is 0 Å². The molecule has 1 N–H and O–H groups in total. The summed E-state index contributed by atoms with van der Waals surface area (Å²) in [7, 11) is 3.45. The van der Waals surface area contributed by atoms with Gasteiger partial charge in [-0.05, 0) is 92.0 Å². The Morgan fingerprint density at radius 2 is 1.72 bits per heavy atom. The fourth-order valence-corrected chi connectivity index (χ4v) is 7.69. The van der Waals surface area contributed by atoms with Gasteiger partial charge in [0, 0.05) is 10.9 Å². The van der Waals surface area contributed by atoms with Crippen LogP contribution in [0.3, 0.4) is 0 Å². The second kappa shape index (κ2) is 5.53. The Hall–Kier alpha value is -0.930. The van der Waals surface area contributed by atoms with Crippen LogP contribution in [0.2, 0.25) is 0 Å². The second-order valence-electron chi connectivity index (χ2n) is 9.02. The number of fused-ring (bicyclic) bond motifs is 1. The first-order chi connectivity index (χ1) is 12.0. The molecule has 4 bridgehead atoms. The monoisotopic (exact) mass is 361 g/mol. The molecule has 5 aliphatic rings. The highest BCUT2D eigenvalue weighted by molar-refractivity contribution is 6.24. The zero-order valence-electron chi connectivity index (χ0n) is 15.2. The Kier molecular flexibility index (Phi) is 3.60. The largest absolute Gasteiger partial charge is 0.493 e. The van der Waals surface area contributed by atoms with Gasteiger partial charge < -0.3 is 14.8 Å². The average molecular weight is 362 g/mol. The molecule has 1 aliphatic heterocycles. The lowest BCUT2D eigenvalue weighted by atomic mass is 9.46. The summed E-state index contributed by atoms with van der Waals surface area (Å²) in [6.07, 6.45) is 8.77. The highest BCUT2D eigenvalue weighted by atomic mass is 35.5. The van der Waals surface area contributed by atoms with Gasteiger partial charge in [-0.3, -0.25) is 0 Å². The van der Waals surface area contributed by atoms with Gasteiger partial charge in [-0.25, -0.2) is 0 Å². The predicted octanol–water partition coefficient (Wildman–Crippen LogP) is 4.47. The van der Waals surface area contributed by atoms with E-state index in [1.54, 1.807) is 14.2 Å². The van der Waals surface area contributed by atoms with Crippen LogP contribution in [-0.4, -0.2) is 25.6 Å². The summed E-state index contributed by atoms with van der Waals surface area (Å²) < 4.78 is 11.1. The summed E-state index contributed by atoms with van der Waals surface area (Å²) in [6, 6.07) is 4.82. The topological polar surface area (TPSA) is 30.5 Å². The van der Waals surface area contributed by atoms with E-state index in [0.717, 1.165) is 36.3 Å². The number of hydrogen-bond donors (Lipinski definition) is 1. The molecule has 0 saturated heterocycles. The summed E-state index contributed by atoms with van der Waals surface area (Å²) in [5.74, 6) is 3.35. The Morgan fingerprint density at radius 3 is 2.36 bits per heavy atom. The van der Waals surface area contributed by atoms with Crippen molar-refractivity contribution in [1.82, 2.24) is 5.32 Å². The van der Waals surface area contributed by atoms with Crippen LogP contribution in [0.4, 0.5) is 0 Å². The first-order valence-corrected chi connectivity index (χ1v) is 10.1. The van der Waals surface area contributed by atoms with Gasteiger partial charge >= 0.3 is 0 Å². The molecule has 0 radical (unpaired) electrons. The maximum Gasteiger partial charge on any atom is 0.161 e. The minimum atomic E-state index is 0.0555. The van der Waals surface area contributed by atoms with Crippen LogP contribution in [0.15, 0.2) is 12.1 Å². The summed E-state index contributed by atoms with van der Waals surface area (Å²) in [5, 5.41) is 3.88. The van der Waals surface area contributed by atoms with Crippen LogP contribution in [0.25, 0.3) is 0 Å². The fourth-order valence-electron chi connectivity index (χ4n) is 6.99. The van der Waals surface area contributed by atoms with Crippen molar-refractivity contribution in [3.05, 3.63) is 23.3 Å².